The van der Waals surface area contributed by atoms with Crippen LogP contribution in [-0.2, 0) is 14.8 Å². The number of aliphatic hydroxyl groups excluding tert-OH is 1. The lowest BCUT2D eigenvalue weighted by molar-refractivity contribution is -0.126. The molecule has 0 saturated heterocycles. The highest BCUT2D eigenvalue weighted by atomic mass is 35.5. The van der Waals surface area contributed by atoms with Crippen LogP contribution in [0.2, 0.25) is 0 Å². The van der Waals surface area contributed by atoms with Gasteiger partial charge in [-0.05, 0) is 57.8 Å². The third-order valence-corrected chi connectivity index (χ3v) is 9.24. The minimum absolute atomic E-state index is 0.140. The molecular weight excluding hydrogens is 430 g/mol. The smallest absolute Gasteiger partial charge is 0.224 e. The molecule has 8 unspecified atom stereocenters. The van der Waals surface area contributed by atoms with E-state index in [1.165, 1.54) is 0 Å². The number of carbonyl (C=O) groups is 1. The average Bonchev–Trinajstić information content (AvgIpc) is 3.02. The Balaban J connectivity index is 1.59. The van der Waals surface area contributed by atoms with E-state index in [2.05, 4.69) is 10.0 Å². The van der Waals surface area contributed by atoms with E-state index in [1.54, 1.807) is 0 Å². The summed E-state index contributed by atoms with van der Waals surface area (Å²) in [6.07, 6.45) is 2.40. The molecule has 3 aliphatic rings. The lowest BCUT2D eigenvalue weighted by Crippen LogP contribution is -2.50. The van der Waals surface area contributed by atoms with Crippen molar-refractivity contribution in [2.75, 3.05) is 0 Å². The van der Waals surface area contributed by atoms with E-state index in [-0.39, 0.29) is 18.4 Å². The Morgan fingerprint density at radius 1 is 1.00 bits per heavy atom. The van der Waals surface area contributed by atoms with Gasteiger partial charge in [-0.15, -0.1) is 23.2 Å². The van der Waals surface area contributed by atoms with E-state index in [1.807, 2.05) is 0 Å². The second kappa shape index (κ2) is 9.33. The molecule has 0 aromatic carbocycles. The molecule has 162 valence electrons. The van der Waals surface area contributed by atoms with Gasteiger partial charge in [0.25, 0.3) is 0 Å². The Labute approximate surface area is 176 Å². The molecule has 0 bridgehead atoms. The van der Waals surface area contributed by atoms with Crippen LogP contribution >= 0.6 is 23.2 Å². The fraction of sp³-hybridized carbons (Fsp3) is 0.944. The van der Waals surface area contributed by atoms with Crippen LogP contribution in [0.15, 0.2) is 0 Å². The lowest BCUT2D eigenvalue weighted by atomic mass is 9.86. The van der Waals surface area contributed by atoms with Gasteiger partial charge in [-0.25, -0.2) is 17.5 Å². The van der Waals surface area contributed by atoms with Gasteiger partial charge in [0.15, 0.2) is 0 Å². The van der Waals surface area contributed by atoms with Crippen molar-refractivity contribution in [2.45, 2.75) is 98.2 Å². The molecule has 3 N–H and O–H groups in total. The molecule has 3 rings (SSSR count). The van der Waals surface area contributed by atoms with Crippen LogP contribution in [0.1, 0.15) is 57.8 Å². The van der Waals surface area contributed by atoms with Crippen molar-refractivity contribution in [3.8, 4) is 0 Å². The van der Waals surface area contributed by atoms with E-state index in [9.17, 15) is 22.7 Å². The molecule has 3 aliphatic carbocycles. The normalized spacial score (nSPS) is 42.3. The molecule has 0 spiro atoms. The summed E-state index contributed by atoms with van der Waals surface area (Å²) in [5.41, 5.74) is 0. The Hall–Kier alpha value is -0.150. The number of carbonyl (C=O) groups excluding carboxylic acids is 1. The van der Waals surface area contributed by atoms with Crippen molar-refractivity contribution >= 4 is 39.1 Å². The Morgan fingerprint density at radius 2 is 1.75 bits per heavy atom. The zero-order valence-electron chi connectivity index (χ0n) is 15.7. The van der Waals surface area contributed by atoms with Gasteiger partial charge in [-0.3, -0.25) is 4.79 Å². The zero-order chi connectivity index (χ0) is 20.5. The van der Waals surface area contributed by atoms with Gasteiger partial charge < -0.3 is 10.4 Å². The number of nitrogens with one attached hydrogen (secondary N) is 2. The van der Waals surface area contributed by atoms with Gasteiger partial charge in [-0.2, -0.15) is 0 Å². The summed E-state index contributed by atoms with van der Waals surface area (Å²) in [6.45, 7) is 0. The van der Waals surface area contributed by atoms with E-state index >= 15 is 0 Å². The molecule has 0 aliphatic heterocycles. The van der Waals surface area contributed by atoms with E-state index < -0.39 is 50.3 Å². The highest BCUT2D eigenvalue weighted by molar-refractivity contribution is 7.90. The summed E-state index contributed by atoms with van der Waals surface area (Å²) in [5, 5.41) is 11.0. The number of hydrogen-bond acceptors (Lipinski definition) is 4. The summed E-state index contributed by atoms with van der Waals surface area (Å²) >= 11 is 12.3. The number of hydrogen-bond donors (Lipinski definition) is 3. The van der Waals surface area contributed by atoms with Crippen molar-refractivity contribution in [3.05, 3.63) is 0 Å². The Bertz CT molecular complexity index is 668. The number of alkyl halides is 3. The standard InChI is InChI=1S/C18H29Cl2FN2O4S/c19-13-6-5-11(28(26,27)23-16-2-1-3-17(16)24)9-12(13)18(25)22-10-4-7-15(21)14(20)8-10/h10-17,23-24H,1-9H2,(H,22,25). The van der Waals surface area contributed by atoms with E-state index in [4.69, 9.17) is 23.2 Å². The molecule has 3 fully saturated rings. The highest BCUT2D eigenvalue weighted by Gasteiger charge is 2.42. The molecule has 6 nitrogen and oxygen atoms in total. The summed E-state index contributed by atoms with van der Waals surface area (Å²) in [5.74, 6) is -0.908. The molecule has 3 saturated carbocycles. The van der Waals surface area contributed by atoms with Gasteiger partial charge in [-0.1, -0.05) is 0 Å². The van der Waals surface area contributed by atoms with Crippen molar-refractivity contribution < 1.29 is 22.7 Å². The van der Waals surface area contributed by atoms with Gasteiger partial charge in [0.1, 0.15) is 6.17 Å². The molecule has 0 aromatic rings. The maximum Gasteiger partial charge on any atom is 0.224 e. The van der Waals surface area contributed by atoms with Crippen molar-refractivity contribution in [1.29, 1.82) is 0 Å². The topological polar surface area (TPSA) is 95.5 Å². The van der Waals surface area contributed by atoms with Crippen LogP contribution < -0.4 is 10.0 Å². The predicted octanol–water partition coefficient (Wildman–Crippen LogP) is 2.21. The third-order valence-electron chi connectivity index (χ3n) is 6.33. The van der Waals surface area contributed by atoms with Crippen molar-refractivity contribution in [2.24, 2.45) is 5.92 Å². The SMILES string of the molecule is O=C(NC1CCC(F)C(Cl)C1)C1CC(S(=O)(=O)NC2CCCC2O)CCC1Cl. The maximum absolute atomic E-state index is 13.5. The van der Waals surface area contributed by atoms with Crippen LogP contribution in [0, 0.1) is 5.92 Å². The third kappa shape index (κ3) is 5.31. The fourth-order valence-electron chi connectivity index (χ4n) is 4.55. The Kier molecular flexibility index (Phi) is 7.51. The van der Waals surface area contributed by atoms with E-state index in [0.29, 0.717) is 44.9 Å². The number of halogens is 3. The molecule has 0 aromatic heterocycles. The molecular formula is C18H29Cl2FN2O4S. The van der Waals surface area contributed by atoms with Gasteiger partial charge in [0.05, 0.1) is 22.6 Å². The number of aliphatic hydroxyl groups is 1. The first-order chi connectivity index (χ1) is 13.2. The summed E-state index contributed by atoms with van der Waals surface area (Å²) in [7, 11) is -3.66. The minimum atomic E-state index is -3.66. The molecule has 0 heterocycles. The quantitative estimate of drug-likeness (QED) is 0.550. The minimum Gasteiger partial charge on any atom is -0.391 e. The van der Waals surface area contributed by atoms with Crippen LogP contribution in [0.3, 0.4) is 0 Å². The molecule has 8 atom stereocenters. The Morgan fingerprint density at radius 3 is 2.39 bits per heavy atom. The van der Waals surface area contributed by atoms with Crippen LogP contribution in [-0.4, -0.2) is 59.8 Å². The summed E-state index contributed by atoms with van der Waals surface area (Å²) in [6, 6.07) is -0.669. The monoisotopic (exact) mass is 458 g/mol. The zero-order valence-corrected chi connectivity index (χ0v) is 18.0. The summed E-state index contributed by atoms with van der Waals surface area (Å²) < 4.78 is 41.7. The lowest BCUT2D eigenvalue weighted by Gasteiger charge is -2.35. The van der Waals surface area contributed by atoms with Gasteiger partial charge >= 0.3 is 0 Å². The first-order valence-electron chi connectivity index (χ1n) is 10.1. The van der Waals surface area contributed by atoms with E-state index in [0.717, 1.165) is 6.42 Å². The second-order valence-corrected chi connectivity index (χ2v) is 11.5. The first kappa shape index (κ1) is 22.5. The van der Waals surface area contributed by atoms with Crippen molar-refractivity contribution in [1.82, 2.24) is 10.0 Å². The number of sulfonamides is 1. The van der Waals surface area contributed by atoms with Crippen LogP contribution in [0.25, 0.3) is 0 Å². The highest BCUT2D eigenvalue weighted by Crippen LogP contribution is 2.34. The predicted molar refractivity (Wildman–Crippen MR) is 107 cm³/mol. The number of amides is 1. The summed E-state index contributed by atoms with van der Waals surface area (Å²) in [4.78, 5) is 12.7. The van der Waals surface area contributed by atoms with Crippen LogP contribution in [0.4, 0.5) is 4.39 Å². The second-order valence-electron chi connectivity index (χ2n) is 8.38. The molecule has 0 radical (unpaired) electrons. The van der Waals surface area contributed by atoms with Gasteiger partial charge in [0.2, 0.25) is 15.9 Å². The average molecular weight is 459 g/mol. The largest absolute Gasteiger partial charge is 0.391 e. The van der Waals surface area contributed by atoms with Crippen molar-refractivity contribution in [3.63, 3.8) is 0 Å². The number of rotatable bonds is 5. The molecule has 10 heteroatoms. The first-order valence-corrected chi connectivity index (χ1v) is 12.5. The maximum atomic E-state index is 13.5. The molecule has 28 heavy (non-hydrogen) atoms. The fourth-order valence-corrected chi connectivity index (χ4v) is 7.03. The van der Waals surface area contributed by atoms with Crippen LogP contribution in [0.5, 0.6) is 0 Å². The molecule has 1 amide bonds. The van der Waals surface area contributed by atoms with Gasteiger partial charge in [0, 0.05) is 17.5 Å².